The summed E-state index contributed by atoms with van der Waals surface area (Å²) < 4.78 is 13.7. The summed E-state index contributed by atoms with van der Waals surface area (Å²) in [5.41, 5.74) is -3.92. The number of hydrogen-bond acceptors (Lipinski definition) is 8. The second-order valence-corrected chi connectivity index (χ2v) is 17.5. The van der Waals surface area contributed by atoms with Gasteiger partial charge in [0.05, 0.1) is 49.2 Å². The lowest BCUT2D eigenvalue weighted by Gasteiger charge is -2.68. The Bertz CT molecular complexity index is 1720. The number of para-hydroxylation sites is 1. The van der Waals surface area contributed by atoms with Crippen molar-refractivity contribution in [2.24, 2.45) is 39.9 Å². The predicted octanol–water partition coefficient (Wildman–Crippen LogP) is 4.70. The summed E-state index contributed by atoms with van der Waals surface area (Å²) in [6.07, 6.45) is 7.49. The number of benzene rings is 1. The summed E-state index contributed by atoms with van der Waals surface area (Å²) in [6, 6.07) is 8.94. The third-order valence-electron chi connectivity index (χ3n) is 14.3. The smallest absolute Gasteiger partial charge is 0.352 e. The number of fused-ring (bicyclic) bond motifs is 5. The monoisotopic (exact) mass is 709 g/mol. The molecule has 6 unspecified atom stereocenters. The minimum Gasteiger partial charge on any atom is -0.469 e. The van der Waals surface area contributed by atoms with Crippen molar-refractivity contribution in [1.82, 2.24) is 14.3 Å². The fourth-order valence-corrected chi connectivity index (χ4v) is 11.6. The molecule has 11 atom stereocenters. The standard InChI is InChI=1S/C40H59N3O8/c1-25(12-11-19-36(2,3)49)27-15-16-29-38(27,5)20-17-30-39(6)33(46)32(51-23-18-31(45)50-7)28(44)24-37(39,4)21-22-40(29,30)43-35(48)42(34(47)41-43)26-13-9-8-10-14-26/h8-10,13-14,21-22,25,27-30,32-33,44,46,49H,11-12,15-20,23-24H2,1-7H3,(H,41,47)/t25-,27-,28?,29?,30?,32?,33?,37+,38-,39+,40?/m1/s1. The molecule has 11 heteroatoms. The zero-order valence-electron chi connectivity index (χ0n) is 31.4. The van der Waals surface area contributed by atoms with Gasteiger partial charge < -0.3 is 24.8 Å². The fraction of sp³-hybridized carbons (Fsp3) is 0.725. The zero-order chi connectivity index (χ0) is 37.1. The Morgan fingerprint density at radius 1 is 1.06 bits per heavy atom. The Kier molecular flexibility index (Phi) is 9.96. The first kappa shape index (κ1) is 37.8. The largest absolute Gasteiger partial charge is 0.469 e. The topological polar surface area (TPSA) is 156 Å². The van der Waals surface area contributed by atoms with Gasteiger partial charge in [-0.1, -0.05) is 70.9 Å². The Hall–Kier alpha value is -2.99. The van der Waals surface area contributed by atoms with Crippen molar-refractivity contribution >= 4 is 5.97 Å². The molecule has 0 bridgehead atoms. The second kappa shape index (κ2) is 13.5. The minimum atomic E-state index is -1.14. The average molecular weight is 710 g/mol. The van der Waals surface area contributed by atoms with E-state index in [2.05, 4.69) is 44.9 Å². The number of H-pyrrole nitrogens is 1. The highest BCUT2D eigenvalue weighted by Gasteiger charge is 2.72. The number of aromatic amines is 1. The van der Waals surface area contributed by atoms with Crippen LogP contribution in [0.1, 0.15) is 99.3 Å². The Morgan fingerprint density at radius 3 is 2.43 bits per heavy atom. The van der Waals surface area contributed by atoms with Crippen LogP contribution in [0.5, 0.6) is 0 Å². The molecule has 1 heterocycles. The number of nitrogens with zero attached hydrogens (tertiary/aromatic N) is 2. The van der Waals surface area contributed by atoms with Gasteiger partial charge in [0.2, 0.25) is 0 Å². The highest BCUT2D eigenvalue weighted by Crippen LogP contribution is 2.72. The van der Waals surface area contributed by atoms with Gasteiger partial charge >= 0.3 is 17.3 Å². The summed E-state index contributed by atoms with van der Waals surface area (Å²) in [4.78, 5) is 40.4. The van der Waals surface area contributed by atoms with Crippen LogP contribution in [0.2, 0.25) is 0 Å². The number of carbonyl (C=O) groups is 1. The molecule has 3 fully saturated rings. The van der Waals surface area contributed by atoms with E-state index in [0.717, 1.165) is 38.5 Å². The van der Waals surface area contributed by atoms with E-state index < -0.39 is 57.6 Å². The predicted molar refractivity (Wildman–Crippen MR) is 193 cm³/mol. The van der Waals surface area contributed by atoms with Crippen molar-refractivity contribution in [3.8, 4) is 5.69 Å². The van der Waals surface area contributed by atoms with E-state index >= 15 is 0 Å². The highest BCUT2D eigenvalue weighted by molar-refractivity contribution is 5.69. The summed E-state index contributed by atoms with van der Waals surface area (Å²) in [6.45, 7) is 12.5. The van der Waals surface area contributed by atoms with Gasteiger partial charge in [0.1, 0.15) is 6.10 Å². The van der Waals surface area contributed by atoms with E-state index in [1.54, 1.807) is 28.9 Å². The van der Waals surface area contributed by atoms with Gasteiger partial charge in [-0.3, -0.25) is 4.79 Å². The molecule has 0 radical (unpaired) electrons. The van der Waals surface area contributed by atoms with Crippen molar-refractivity contribution in [2.45, 2.75) is 129 Å². The number of methoxy groups -OCH3 is 1. The van der Waals surface area contributed by atoms with Crippen LogP contribution in [-0.2, 0) is 19.8 Å². The molecule has 1 aromatic carbocycles. The number of carbonyl (C=O) groups excluding carboxylic acids is 1. The first-order valence-corrected chi connectivity index (χ1v) is 18.9. The third-order valence-corrected chi connectivity index (χ3v) is 14.3. The minimum absolute atomic E-state index is 0.00682. The maximum atomic E-state index is 14.7. The first-order valence-electron chi connectivity index (χ1n) is 18.9. The van der Waals surface area contributed by atoms with Crippen LogP contribution < -0.4 is 11.4 Å². The van der Waals surface area contributed by atoms with Crippen molar-refractivity contribution in [3.63, 3.8) is 0 Å². The van der Waals surface area contributed by atoms with Crippen molar-refractivity contribution < 1.29 is 29.6 Å². The molecule has 2 aromatic rings. The summed E-state index contributed by atoms with van der Waals surface area (Å²) >= 11 is 0. The number of aliphatic hydroxyl groups excluding tert-OH is 2. The van der Waals surface area contributed by atoms with Crippen molar-refractivity contribution in [2.75, 3.05) is 13.7 Å². The van der Waals surface area contributed by atoms with Crippen LogP contribution in [0.4, 0.5) is 0 Å². The third kappa shape index (κ3) is 6.00. The first-order chi connectivity index (χ1) is 23.9. The van der Waals surface area contributed by atoms with Gasteiger partial charge in [-0.2, -0.15) is 0 Å². The number of hydrogen-bond donors (Lipinski definition) is 4. The van der Waals surface area contributed by atoms with Crippen LogP contribution in [0.15, 0.2) is 52.1 Å². The molecule has 0 spiro atoms. The molecule has 0 amide bonds. The van der Waals surface area contributed by atoms with E-state index in [-0.39, 0.29) is 30.3 Å². The maximum absolute atomic E-state index is 14.7. The number of esters is 1. The fourth-order valence-electron chi connectivity index (χ4n) is 11.6. The zero-order valence-corrected chi connectivity index (χ0v) is 31.4. The lowest BCUT2D eigenvalue weighted by Crippen LogP contribution is -2.72. The summed E-state index contributed by atoms with van der Waals surface area (Å²) in [5.74, 6) is -0.0365. The molecule has 4 N–H and O–H groups in total. The molecule has 6 rings (SSSR count). The molecule has 11 nitrogen and oxygen atoms in total. The number of ether oxygens (including phenoxy) is 2. The quantitative estimate of drug-likeness (QED) is 0.193. The second-order valence-electron chi connectivity index (χ2n) is 17.5. The van der Waals surface area contributed by atoms with E-state index in [4.69, 9.17) is 9.47 Å². The van der Waals surface area contributed by atoms with Gasteiger partial charge in [0, 0.05) is 5.41 Å². The summed E-state index contributed by atoms with van der Waals surface area (Å²) in [5, 5.41) is 37.3. The molecular formula is C40H59N3O8. The van der Waals surface area contributed by atoms with E-state index in [1.807, 2.05) is 19.9 Å². The average Bonchev–Trinajstić information content (AvgIpc) is 3.59. The molecule has 282 valence electrons. The van der Waals surface area contributed by atoms with Gasteiger partial charge in [-0.05, 0) is 99.0 Å². The van der Waals surface area contributed by atoms with Crippen LogP contribution in [-0.4, -0.2) is 73.3 Å². The summed E-state index contributed by atoms with van der Waals surface area (Å²) in [7, 11) is 1.31. The van der Waals surface area contributed by atoms with Gasteiger partial charge in [-0.25, -0.2) is 23.9 Å². The van der Waals surface area contributed by atoms with Crippen molar-refractivity contribution in [1.29, 1.82) is 0 Å². The Balaban J connectivity index is 1.48. The van der Waals surface area contributed by atoms with Gasteiger partial charge in [0.15, 0.2) is 0 Å². The van der Waals surface area contributed by atoms with Gasteiger partial charge in [-0.15, -0.1) is 0 Å². The normalized spacial score (nSPS) is 38.1. The number of allylic oxidation sites excluding steroid dienone is 2. The Labute approximate surface area is 301 Å². The van der Waals surface area contributed by atoms with E-state index in [0.29, 0.717) is 30.4 Å². The molecule has 4 aliphatic carbocycles. The highest BCUT2D eigenvalue weighted by atomic mass is 16.5. The lowest BCUT2D eigenvalue weighted by molar-refractivity contribution is -0.249. The van der Waals surface area contributed by atoms with Crippen LogP contribution >= 0.6 is 0 Å². The van der Waals surface area contributed by atoms with E-state index in [1.165, 1.54) is 11.7 Å². The molecule has 1 aromatic heterocycles. The lowest BCUT2D eigenvalue weighted by atomic mass is 9.39. The number of aromatic nitrogens is 3. The molecule has 0 saturated heterocycles. The molecule has 3 saturated carbocycles. The number of rotatable bonds is 11. The molecule has 51 heavy (non-hydrogen) atoms. The maximum Gasteiger partial charge on any atom is 0.352 e. The molecule has 0 aliphatic heterocycles. The van der Waals surface area contributed by atoms with Crippen LogP contribution in [0.3, 0.4) is 0 Å². The van der Waals surface area contributed by atoms with Crippen molar-refractivity contribution in [3.05, 3.63) is 63.5 Å². The van der Waals surface area contributed by atoms with E-state index in [9.17, 15) is 29.7 Å². The van der Waals surface area contributed by atoms with Crippen LogP contribution in [0.25, 0.3) is 5.69 Å². The molecule has 4 aliphatic rings. The molecular weight excluding hydrogens is 650 g/mol. The number of nitrogens with one attached hydrogen (secondary N) is 1. The van der Waals surface area contributed by atoms with Crippen LogP contribution in [0, 0.1) is 39.9 Å². The Morgan fingerprint density at radius 2 is 1.76 bits per heavy atom. The van der Waals surface area contributed by atoms with Gasteiger partial charge in [0.25, 0.3) is 0 Å². The SMILES string of the molecule is COC(=O)CCOC1C(O)C[C@]2(C)C=CC3(n4[nH]c(=O)n(-c5ccccc5)c4=O)C(CC[C@@]4(C)C3CC[C@@H]4[C@H](C)CCCC(C)(C)O)[C@@]2(C)C1O. The number of aliphatic hydroxyl groups is 3.